The molecule has 0 atom stereocenters. The molecule has 200 valence electrons. The van der Waals surface area contributed by atoms with Gasteiger partial charge in [-0.3, -0.25) is 4.55 Å². The van der Waals surface area contributed by atoms with Crippen LogP contribution in [0.4, 0.5) is 11.4 Å². The Bertz CT molecular complexity index is 1690. The van der Waals surface area contributed by atoms with Gasteiger partial charge in [0.15, 0.2) is 12.3 Å². The van der Waals surface area contributed by atoms with E-state index in [9.17, 15) is 17.8 Å². The average molecular weight is 537 g/mol. The highest BCUT2D eigenvalue weighted by molar-refractivity contribution is 7.85. The number of anilines is 2. The molecule has 8 nitrogen and oxygen atoms in total. The number of nitrogens with zero attached hydrogens (tertiary/aromatic N) is 3. The summed E-state index contributed by atoms with van der Waals surface area (Å²) in [5, 5.41) is 1.75. The van der Waals surface area contributed by atoms with Crippen molar-refractivity contribution >= 4 is 43.4 Å². The Balaban J connectivity index is 1.62. The first-order valence-electron chi connectivity index (χ1n) is 13.7. The van der Waals surface area contributed by atoms with E-state index < -0.39 is 15.9 Å². The fraction of sp³-hybridized carbons (Fsp3) is 0.448. The average Bonchev–Trinajstić information content (AvgIpc) is 2.90. The molecule has 1 N–H and O–H groups in total. The molecular formula is C29H34N3O5S+. The number of rotatable bonds is 6. The van der Waals surface area contributed by atoms with Crippen molar-refractivity contribution in [3.8, 4) is 11.3 Å². The molecule has 0 spiro atoms. The largest absolute Gasteiger partial charge is 0.455 e. The summed E-state index contributed by atoms with van der Waals surface area (Å²) in [6.45, 7) is 8.27. The van der Waals surface area contributed by atoms with Crippen LogP contribution in [-0.4, -0.2) is 44.9 Å². The quantitative estimate of drug-likeness (QED) is 0.171. The van der Waals surface area contributed by atoms with Gasteiger partial charge in [0.05, 0.1) is 11.1 Å². The van der Waals surface area contributed by atoms with Crippen molar-refractivity contribution in [1.82, 2.24) is 0 Å². The molecule has 2 aromatic rings. The van der Waals surface area contributed by atoms with Crippen LogP contribution in [0.2, 0.25) is 0 Å². The number of aryl methyl sites for hydroxylation is 3. The van der Waals surface area contributed by atoms with Crippen LogP contribution in [0.1, 0.15) is 44.2 Å². The Morgan fingerprint density at radius 2 is 1.61 bits per heavy atom. The third-order valence-electron chi connectivity index (χ3n) is 8.15. The van der Waals surface area contributed by atoms with Crippen molar-refractivity contribution in [2.45, 2.75) is 52.5 Å². The van der Waals surface area contributed by atoms with Crippen molar-refractivity contribution in [1.29, 1.82) is 0 Å². The second kappa shape index (κ2) is 9.54. The second-order valence-corrected chi connectivity index (χ2v) is 12.0. The number of benzene rings is 2. The molecule has 0 amide bonds. The number of aromatic nitrogens is 1. The Labute approximate surface area is 222 Å². The minimum atomic E-state index is -4.12. The standard InChI is InChI=1S/C29H33N3O5S/c1-3-30-10-6-9-20-15-22-26(17-24(20)30)32(12-7-13-38(34,35)36)29(33)23-16-21-14-19-8-5-11-31(4-2)25(19)18-27(21)37-28(22)23/h14-18H,3-13H2,1-2H3/p+1. The van der Waals surface area contributed by atoms with Crippen LogP contribution < -0.4 is 19.9 Å². The Morgan fingerprint density at radius 3 is 2.26 bits per heavy atom. The monoisotopic (exact) mass is 536 g/mol. The van der Waals surface area contributed by atoms with Crippen LogP contribution in [0.25, 0.3) is 33.2 Å². The minimum Gasteiger partial charge on any atom is -0.455 e. The molecule has 38 heavy (non-hydrogen) atoms. The summed E-state index contributed by atoms with van der Waals surface area (Å²) >= 11 is 0. The Morgan fingerprint density at radius 1 is 0.947 bits per heavy atom. The summed E-state index contributed by atoms with van der Waals surface area (Å²) in [5.74, 6) is 0.173. The van der Waals surface area contributed by atoms with Gasteiger partial charge in [0.1, 0.15) is 11.1 Å². The van der Waals surface area contributed by atoms with Crippen molar-refractivity contribution in [2.75, 3.05) is 41.7 Å². The first kappa shape index (κ1) is 25.1. The van der Waals surface area contributed by atoms with Crippen LogP contribution in [0, 0.1) is 0 Å². The van der Waals surface area contributed by atoms with E-state index in [1.807, 2.05) is 6.07 Å². The van der Waals surface area contributed by atoms with Crippen molar-refractivity contribution in [2.24, 2.45) is 0 Å². The smallest absolute Gasteiger partial charge is 0.423 e. The normalized spacial score (nSPS) is 15.9. The van der Waals surface area contributed by atoms with Gasteiger partial charge in [-0.05, 0) is 68.9 Å². The fourth-order valence-corrected chi connectivity index (χ4v) is 6.79. The van der Waals surface area contributed by atoms with Gasteiger partial charge in [-0.2, -0.15) is 13.0 Å². The molecule has 0 saturated heterocycles. The molecule has 9 heteroatoms. The zero-order valence-corrected chi connectivity index (χ0v) is 22.8. The molecule has 0 aromatic heterocycles. The maximum absolute atomic E-state index is 13.9. The predicted molar refractivity (Wildman–Crippen MR) is 150 cm³/mol. The Hall–Kier alpha value is -3.17. The van der Waals surface area contributed by atoms with E-state index in [1.165, 1.54) is 16.8 Å². The molecule has 0 bridgehead atoms. The van der Waals surface area contributed by atoms with Gasteiger partial charge in [0.25, 0.3) is 10.1 Å². The molecule has 0 radical (unpaired) electrons. The van der Waals surface area contributed by atoms with Crippen LogP contribution >= 0.6 is 0 Å². The summed E-state index contributed by atoms with van der Waals surface area (Å²) in [6.07, 6.45) is 4.26. The molecule has 0 unspecified atom stereocenters. The lowest BCUT2D eigenvalue weighted by atomic mass is 9.95. The van der Waals surface area contributed by atoms with Gasteiger partial charge in [0, 0.05) is 61.5 Å². The van der Waals surface area contributed by atoms with Crippen LogP contribution in [0.15, 0.2) is 39.5 Å². The van der Waals surface area contributed by atoms with Crippen LogP contribution in [0.3, 0.4) is 0 Å². The van der Waals surface area contributed by atoms with Gasteiger partial charge in [0.2, 0.25) is 5.52 Å². The van der Waals surface area contributed by atoms with E-state index >= 15 is 0 Å². The maximum atomic E-state index is 13.9. The van der Waals surface area contributed by atoms with Crippen molar-refractivity contribution in [3.63, 3.8) is 0 Å². The van der Waals surface area contributed by atoms with E-state index in [-0.39, 0.29) is 18.5 Å². The summed E-state index contributed by atoms with van der Waals surface area (Å²) in [6, 6.07) is 10.4. The zero-order chi connectivity index (χ0) is 26.6. The highest BCUT2D eigenvalue weighted by Crippen LogP contribution is 2.38. The number of hydrogen-bond donors (Lipinski definition) is 1. The summed E-state index contributed by atoms with van der Waals surface area (Å²) in [4.78, 5) is 18.6. The highest BCUT2D eigenvalue weighted by atomic mass is 32.2. The number of hydrogen-bond acceptors (Lipinski definition) is 6. The summed E-state index contributed by atoms with van der Waals surface area (Å²) in [5.41, 5.74) is 6.58. The third-order valence-corrected chi connectivity index (χ3v) is 8.96. The molecule has 2 aromatic carbocycles. The molecule has 6 rings (SSSR count). The summed E-state index contributed by atoms with van der Waals surface area (Å²) in [7, 11) is -4.12. The zero-order valence-electron chi connectivity index (χ0n) is 22.0. The third kappa shape index (κ3) is 4.31. The first-order valence-corrected chi connectivity index (χ1v) is 15.3. The molecule has 4 heterocycles. The van der Waals surface area contributed by atoms with Crippen LogP contribution in [0.5, 0.6) is 0 Å². The molecule has 0 aliphatic carbocycles. The predicted octanol–water partition coefficient (Wildman–Crippen LogP) is 4.16. The number of pyridine rings is 1. The van der Waals surface area contributed by atoms with E-state index in [1.54, 1.807) is 4.57 Å². The maximum Gasteiger partial charge on any atom is 0.423 e. The molecule has 0 saturated carbocycles. The van der Waals surface area contributed by atoms with E-state index in [0.717, 1.165) is 79.4 Å². The molecule has 0 fully saturated rings. The van der Waals surface area contributed by atoms with Crippen molar-refractivity contribution in [3.05, 3.63) is 51.8 Å². The van der Waals surface area contributed by atoms with Gasteiger partial charge in [-0.25, -0.2) is 4.79 Å². The number of fused-ring (bicyclic) bond motifs is 6. The van der Waals surface area contributed by atoms with Gasteiger partial charge >= 0.3 is 5.56 Å². The Kier molecular flexibility index (Phi) is 6.31. The second-order valence-electron chi connectivity index (χ2n) is 10.5. The lowest BCUT2D eigenvalue weighted by Crippen LogP contribution is -2.51. The first-order chi connectivity index (χ1) is 18.3. The van der Waals surface area contributed by atoms with E-state index in [2.05, 4.69) is 47.9 Å². The van der Waals surface area contributed by atoms with Gasteiger partial charge < -0.3 is 14.2 Å². The highest BCUT2D eigenvalue weighted by Gasteiger charge is 2.30. The lowest BCUT2D eigenvalue weighted by Gasteiger charge is -2.30. The topological polar surface area (TPSA) is 94.9 Å². The summed E-state index contributed by atoms with van der Waals surface area (Å²) < 4.78 is 40.3. The lowest BCUT2D eigenvalue weighted by molar-refractivity contribution is -0.684. The minimum absolute atomic E-state index is 0.138. The molecular weight excluding hydrogens is 502 g/mol. The van der Waals surface area contributed by atoms with Crippen molar-refractivity contribution < 1.29 is 22.0 Å². The molecule has 4 aliphatic heterocycles. The van der Waals surface area contributed by atoms with E-state index in [0.29, 0.717) is 11.3 Å². The van der Waals surface area contributed by atoms with E-state index in [4.69, 9.17) is 4.42 Å². The van der Waals surface area contributed by atoms with Crippen LogP contribution in [-0.2, 0) is 29.5 Å². The molecule has 4 aliphatic rings. The van der Waals surface area contributed by atoms with Gasteiger partial charge in [-0.15, -0.1) is 0 Å². The fourth-order valence-electron chi connectivity index (χ4n) is 6.30. The SMILES string of the molecule is CCN1CCCc2cc3cc4c(=O)[n+](CCCS(=O)(=O)O)c5cc6c(cc5c-4oc3cc21)CCCN6CC. The van der Waals surface area contributed by atoms with Gasteiger partial charge in [-0.1, -0.05) is 0 Å².